The minimum atomic E-state index is 0.579. The van der Waals surface area contributed by atoms with Crippen LogP contribution in [0.25, 0.3) is 22.2 Å². The SMILES string of the molecule is N#Cc1c(N2CCCC2)cc(-c2ccc3c(c2)ncn3C2CCCCC2)c2c1CC=N2. The van der Waals surface area contributed by atoms with Crippen molar-refractivity contribution in [1.82, 2.24) is 9.55 Å². The van der Waals surface area contributed by atoms with Crippen molar-refractivity contribution in [1.29, 1.82) is 5.26 Å². The molecule has 1 saturated carbocycles. The van der Waals surface area contributed by atoms with Gasteiger partial charge in [0.25, 0.3) is 0 Å². The Hall–Kier alpha value is -3.13. The lowest BCUT2D eigenvalue weighted by Crippen LogP contribution is -2.19. The normalized spacial score (nSPS) is 18.6. The molecule has 0 radical (unpaired) electrons. The van der Waals surface area contributed by atoms with Crippen LogP contribution in [0.1, 0.15) is 62.1 Å². The minimum Gasteiger partial charge on any atom is -0.370 e. The van der Waals surface area contributed by atoms with Gasteiger partial charge in [-0.15, -0.1) is 0 Å². The van der Waals surface area contributed by atoms with Crippen LogP contribution < -0.4 is 4.90 Å². The summed E-state index contributed by atoms with van der Waals surface area (Å²) in [4.78, 5) is 11.8. The van der Waals surface area contributed by atoms with E-state index in [4.69, 9.17) is 9.98 Å². The second kappa shape index (κ2) is 7.53. The van der Waals surface area contributed by atoms with Crippen molar-refractivity contribution in [2.45, 2.75) is 57.4 Å². The molecule has 1 aromatic heterocycles. The maximum absolute atomic E-state index is 9.93. The van der Waals surface area contributed by atoms with E-state index in [2.05, 4.69) is 39.8 Å². The fourth-order valence-electron chi connectivity index (χ4n) is 5.69. The van der Waals surface area contributed by atoms with E-state index in [9.17, 15) is 5.26 Å². The molecule has 1 aliphatic carbocycles. The molecule has 156 valence electrons. The van der Waals surface area contributed by atoms with Crippen LogP contribution in [0, 0.1) is 11.3 Å². The van der Waals surface area contributed by atoms with E-state index in [-0.39, 0.29) is 0 Å². The van der Waals surface area contributed by atoms with Crippen molar-refractivity contribution in [3.05, 3.63) is 41.7 Å². The van der Waals surface area contributed by atoms with E-state index in [1.165, 1.54) is 50.5 Å². The lowest BCUT2D eigenvalue weighted by molar-refractivity contribution is 0.359. The van der Waals surface area contributed by atoms with Crippen molar-refractivity contribution in [3.8, 4) is 17.2 Å². The molecule has 2 fully saturated rings. The van der Waals surface area contributed by atoms with Gasteiger partial charge in [0.2, 0.25) is 0 Å². The molecule has 0 N–H and O–H groups in total. The van der Waals surface area contributed by atoms with Crippen molar-refractivity contribution in [2.75, 3.05) is 18.0 Å². The zero-order valence-electron chi connectivity index (χ0n) is 17.8. The smallest absolute Gasteiger partial charge is 0.102 e. The van der Waals surface area contributed by atoms with Crippen molar-refractivity contribution in [3.63, 3.8) is 0 Å². The first-order valence-corrected chi connectivity index (χ1v) is 11.7. The highest BCUT2D eigenvalue weighted by Gasteiger charge is 2.25. The van der Waals surface area contributed by atoms with Gasteiger partial charge in [-0.1, -0.05) is 25.3 Å². The molecule has 1 saturated heterocycles. The predicted molar refractivity (Wildman–Crippen MR) is 125 cm³/mol. The van der Waals surface area contributed by atoms with Crippen molar-refractivity contribution < 1.29 is 0 Å². The van der Waals surface area contributed by atoms with Crippen LogP contribution in [0.3, 0.4) is 0 Å². The first-order chi connectivity index (χ1) is 15.3. The number of benzene rings is 2. The van der Waals surface area contributed by atoms with Crippen LogP contribution >= 0.6 is 0 Å². The summed E-state index contributed by atoms with van der Waals surface area (Å²) in [5.74, 6) is 0. The largest absolute Gasteiger partial charge is 0.370 e. The summed E-state index contributed by atoms with van der Waals surface area (Å²) in [5.41, 5.74) is 8.46. The van der Waals surface area contributed by atoms with Gasteiger partial charge in [0.1, 0.15) is 6.07 Å². The average molecular weight is 410 g/mol. The van der Waals surface area contributed by atoms with Crippen molar-refractivity contribution >= 4 is 28.6 Å². The fourth-order valence-corrected chi connectivity index (χ4v) is 5.69. The third-order valence-corrected chi connectivity index (χ3v) is 7.31. The first-order valence-electron chi connectivity index (χ1n) is 11.7. The molecule has 0 bridgehead atoms. The topological polar surface area (TPSA) is 57.2 Å². The number of hydrogen-bond donors (Lipinski definition) is 0. The Morgan fingerprint density at radius 2 is 1.84 bits per heavy atom. The summed E-state index contributed by atoms with van der Waals surface area (Å²) in [6, 6.07) is 11.9. The molecule has 3 aliphatic rings. The first kappa shape index (κ1) is 18.6. The van der Waals surface area contributed by atoms with E-state index < -0.39 is 0 Å². The van der Waals surface area contributed by atoms with Gasteiger partial charge in [-0.25, -0.2) is 4.98 Å². The molecule has 6 rings (SSSR count). The Kier molecular flexibility index (Phi) is 4.52. The van der Waals surface area contributed by atoms with Crippen LogP contribution in [0.2, 0.25) is 0 Å². The maximum atomic E-state index is 9.93. The Morgan fingerprint density at radius 3 is 2.65 bits per heavy atom. The number of rotatable bonds is 3. The third kappa shape index (κ3) is 3.05. The lowest BCUT2D eigenvalue weighted by atomic mass is 9.93. The van der Waals surface area contributed by atoms with E-state index in [1.54, 1.807) is 0 Å². The lowest BCUT2D eigenvalue weighted by Gasteiger charge is -2.24. The number of hydrogen-bond acceptors (Lipinski definition) is 4. The van der Waals surface area contributed by atoms with E-state index >= 15 is 0 Å². The molecule has 5 heteroatoms. The number of aromatic nitrogens is 2. The van der Waals surface area contributed by atoms with Gasteiger partial charge in [-0.3, -0.25) is 4.99 Å². The molecular formula is C26H27N5. The summed E-state index contributed by atoms with van der Waals surface area (Å²) in [7, 11) is 0. The van der Waals surface area contributed by atoms with Gasteiger partial charge < -0.3 is 9.47 Å². The van der Waals surface area contributed by atoms with Gasteiger partial charge in [0.15, 0.2) is 0 Å². The molecule has 0 spiro atoms. The van der Waals surface area contributed by atoms with Crippen LogP contribution in [0.5, 0.6) is 0 Å². The number of fused-ring (bicyclic) bond motifs is 2. The van der Waals surface area contributed by atoms with Gasteiger partial charge in [-0.05, 0) is 49.4 Å². The van der Waals surface area contributed by atoms with E-state index in [0.29, 0.717) is 6.04 Å². The van der Waals surface area contributed by atoms with Crippen LogP contribution in [0.4, 0.5) is 11.4 Å². The van der Waals surface area contributed by atoms with Crippen LogP contribution in [0.15, 0.2) is 35.6 Å². The third-order valence-electron chi connectivity index (χ3n) is 7.31. The fraction of sp³-hybridized carbons (Fsp3) is 0.423. The Balaban J connectivity index is 1.46. The maximum Gasteiger partial charge on any atom is 0.102 e. The molecule has 0 unspecified atom stereocenters. The molecule has 31 heavy (non-hydrogen) atoms. The monoisotopic (exact) mass is 409 g/mol. The summed E-state index contributed by atoms with van der Waals surface area (Å²) in [6.45, 7) is 2.05. The summed E-state index contributed by atoms with van der Waals surface area (Å²) in [5, 5.41) is 9.93. The molecular weight excluding hydrogens is 382 g/mol. The highest BCUT2D eigenvalue weighted by atomic mass is 15.1. The quantitative estimate of drug-likeness (QED) is 0.538. The highest BCUT2D eigenvalue weighted by molar-refractivity contribution is 5.94. The summed E-state index contributed by atoms with van der Waals surface area (Å²) < 4.78 is 2.38. The van der Waals surface area contributed by atoms with E-state index in [1.807, 2.05) is 12.5 Å². The molecule has 0 atom stereocenters. The van der Waals surface area contributed by atoms with E-state index in [0.717, 1.165) is 58.7 Å². The number of imidazole rings is 1. The van der Waals surface area contributed by atoms with Crippen LogP contribution in [-0.2, 0) is 6.42 Å². The second-order valence-electron chi connectivity index (χ2n) is 9.11. The number of aliphatic imine (C=N–C) groups is 1. The summed E-state index contributed by atoms with van der Waals surface area (Å²) in [6.07, 6.45) is 13.6. The average Bonchev–Trinajstić information content (AvgIpc) is 3.58. The predicted octanol–water partition coefficient (Wildman–Crippen LogP) is 5.94. The highest BCUT2D eigenvalue weighted by Crippen LogP contribution is 2.44. The van der Waals surface area contributed by atoms with Gasteiger partial charge in [0.05, 0.1) is 34.3 Å². The van der Waals surface area contributed by atoms with Gasteiger partial charge >= 0.3 is 0 Å². The Bertz CT molecular complexity index is 1220. The molecule has 5 nitrogen and oxygen atoms in total. The molecule has 0 amide bonds. The second-order valence-corrected chi connectivity index (χ2v) is 9.11. The number of nitrogens with zero attached hydrogens (tertiary/aromatic N) is 5. The molecule has 3 heterocycles. The number of nitriles is 1. The van der Waals surface area contributed by atoms with Crippen LogP contribution in [-0.4, -0.2) is 28.9 Å². The zero-order valence-corrected chi connectivity index (χ0v) is 17.8. The number of anilines is 1. The molecule has 3 aromatic rings. The molecule has 2 aromatic carbocycles. The standard InChI is InChI=1S/C26H27N5/c27-16-22-20-10-11-28-26(20)21(15-25(22)30-12-4-5-13-30)18-8-9-24-23(14-18)29-17-31(24)19-6-2-1-3-7-19/h8-9,11,14-15,17,19H,1-7,10,12-13H2. The van der Waals surface area contributed by atoms with Crippen molar-refractivity contribution in [2.24, 2.45) is 4.99 Å². The zero-order chi connectivity index (χ0) is 20.8. The van der Waals surface area contributed by atoms with Gasteiger partial charge in [-0.2, -0.15) is 5.26 Å². The Morgan fingerprint density at radius 1 is 1.00 bits per heavy atom. The Labute approximate surface area is 183 Å². The molecule has 2 aliphatic heterocycles. The summed E-state index contributed by atoms with van der Waals surface area (Å²) >= 11 is 0. The van der Waals surface area contributed by atoms with Gasteiger partial charge in [0, 0.05) is 42.9 Å². The minimum absolute atomic E-state index is 0.579.